The molecule has 0 fully saturated rings. The maximum absolute atomic E-state index is 12.1. The molecule has 1 aromatic rings. The van der Waals surface area contributed by atoms with Gasteiger partial charge < -0.3 is 10.2 Å². The highest BCUT2D eigenvalue weighted by Crippen LogP contribution is 2.25. The van der Waals surface area contributed by atoms with Crippen LogP contribution in [-0.4, -0.2) is 36.6 Å². The Morgan fingerprint density at radius 3 is 2.35 bits per heavy atom. The number of carboxylic acids is 2. The van der Waals surface area contributed by atoms with Gasteiger partial charge in [-0.15, -0.1) is 0 Å². The highest BCUT2D eigenvalue weighted by atomic mass is 79.9. The molecule has 0 aliphatic rings. The Labute approximate surface area is 131 Å². The van der Waals surface area contributed by atoms with E-state index in [2.05, 4.69) is 31.9 Å². The molecular formula is C10H9Br2NO6S. The van der Waals surface area contributed by atoms with E-state index in [9.17, 15) is 18.0 Å². The van der Waals surface area contributed by atoms with Gasteiger partial charge in [0.2, 0.25) is 10.0 Å². The van der Waals surface area contributed by atoms with Crippen molar-refractivity contribution < 1.29 is 28.2 Å². The predicted molar refractivity (Wildman–Crippen MR) is 75.8 cm³/mol. The lowest BCUT2D eigenvalue weighted by atomic mass is 10.2. The van der Waals surface area contributed by atoms with Crippen LogP contribution >= 0.6 is 31.9 Å². The summed E-state index contributed by atoms with van der Waals surface area (Å²) in [5.74, 6) is -2.99. The van der Waals surface area contributed by atoms with Gasteiger partial charge in [-0.2, -0.15) is 4.72 Å². The van der Waals surface area contributed by atoms with Crippen LogP contribution in [0.25, 0.3) is 0 Å². The maximum atomic E-state index is 12.1. The van der Waals surface area contributed by atoms with Gasteiger partial charge in [-0.1, -0.05) is 15.9 Å². The molecule has 10 heteroatoms. The van der Waals surface area contributed by atoms with Crippen LogP contribution in [0.3, 0.4) is 0 Å². The number of carbonyl (C=O) groups is 2. The number of halogens is 2. The van der Waals surface area contributed by atoms with Crippen molar-refractivity contribution >= 4 is 53.8 Å². The molecule has 0 saturated heterocycles. The van der Waals surface area contributed by atoms with Gasteiger partial charge in [0.15, 0.2) is 0 Å². The molecule has 0 unspecified atom stereocenters. The summed E-state index contributed by atoms with van der Waals surface area (Å²) in [4.78, 5) is 21.2. The smallest absolute Gasteiger partial charge is 0.322 e. The Bertz CT molecular complexity index is 645. The number of aliphatic carboxylic acids is 2. The topological polar surface area (TPSA) is 121 Å². The number of rotatable bonds is 6. The van der Waals surface area contributed by atoms with E-state index in [4.69, 9.17) is 10.2 Å². The highest BCUT2D eigenvalue weighted by Gasteiger charge is 2.28. The van der Waals surface area contributed by atoms with Gasteiger partial charge in [0, 0.05) is 8.95 Å². The van der Waals surface area contributed by atoms with Crippen LogP contribution in [0.15, 0.2) is 32.0 Å². The number of sulfonamides is 1. The fraction of sp³-hybridized carbons (Fsp3) is 0.200. The summed E-state index contributed by atoms with van der Waals surface area (Å²) < 4.78 is 26.7. The molecule has 0 saturated carbocycles. The van der Waals surface area contributed by atoms with E-state index in [-0.39, 0.29) is 9.37 Å². The zero-order chi connectivity index (χ0) is 15.5. The van der Waals surface area contributed by atoms with E-state index >= 15 is 0 Å². The molecule has 3 N–H and O–H groups in total. The number of nitrogens with one attached hydrogen (secondary N) is 1. The summed E-state index contributed by atoms with van der Waals surface area (Å²) in [7, 11) is -4.17. The second-order valence-corrected chi connectivity index (χ2v) is 7.14. The van der Waals surface area contributed by atoms with Crippen molar-refractivity contribution in [1.82, 2.24) is 4.72 Å². The fourth-order valence-electron chi connectivity index (χ4n) is 1.29. The van der Waals surface area contributed by atoms with Crippen LogP contribution in [0, 0.1) is 0 Å². The Balaban J connectivity index is 3.12. The molecule has 7 nitrogen and oxygen atoms in total. The summed E-state index contributed by atoms with van der Waals surface area (Å²) >= 11 is 6.14. The molecule has 20 heavy (non-hydrogen) atoms. The van der Waals surface area contributed by atoms with Crippen LogP contribution < -0.4 is 4.72 Å². The molecule has 0 spiro atoms. The molecule has 0 radical (unpaired) electrons. The van der Waals surface area contributed by atoms with Gasteiger partial charge >= 0.3 is 11.9 Å². The largest absolute Gasteiger partial charge is 0.481 e. The second kappa shape index (κ2) is 6.66. The van der Waals surface area contributed by atoms with Gasteiger partial charge in [-0.25, -0.2) is 8.42 Å². The first-order valence-electron chi connectivity index (χ1n) is 5.05. The third-order valence-electron chi connectivity index (χ3n) is 2.16. The zero-order valence-electron chi connectivity index (χ0n) is 9.71. The quantitative estimate of drug-likeness (QED) is 0.627. The first-order chi connectivity index (χ1) is 9.13. The highest BCUT2D eigenvalue weighted by molar-refractivity contribution is 9.11. The Hall–Kier alpha value is -0.970. The van der Waals surface area contributed by atoms with Crippen molar-refractivity contribution in [3.8, 4) is 0 Å². The van der Waals surface area contributed by atoms with Crippen molar-refractivity contribution in [3.63, 3.8) is 0 Å². The first kappa shape index (κ1) is 17.1. The molecule has 0 aliphatic carbocycles. The summed E-state index contributed by atoms with van der Waals surface area (Å²) in [6, 6.07) is 2.58. The summed E-state index contributed by atoms with van der Waals surface area (Å²) in [5, 5.41) is 17.4. The molecule has 1 atom stereocenters. The average Bonchev–Trinajstić information content (AvgIpc) is 2.30. The van der Waals surface area contributed by atoms with E-state index in [1.807, 2.05) is 4.72 Å². The second-order valence-electron chi connectivity index (χ2n) is 3.68. The molecule has 0 heterocycles. The number of hydrogen-bond acceptors (Lipinski definition) is 4. The molecule has 1 aromatic carbocycles. The van der Waals surface area contributed by atoms with Crippen molar-refractivity contribution in [3.05, 3.63) is 27.1 Å². The summed E-state index contributed by atoms with van der Waals surface area (Å²) in [5.41, 5.74) is 0. The minimum Gasteiger partial charge on any atom is -0.481 e. The van der Waals surface area contributed by atoms with Gasteiger partial charge in [-0.05, 0) is 34.1 Å². The minimum atomic E-state index is -4.17. The van der Waals surface area contributed by atoms with E-state index in [0.29, 0.717) is 4.47 Å². The van der Waals surface area contributed by atoms with Crippen molar-refractivity contribution in [2.45, 2.75) is 17.4 Å². The minimum absolute atomic E-state index is 0.191. The average molecular weight is 431 g/mol. The molecule has 1 rings (SSSR count). The molecule has 0 aromatic heterocycles. The summed E-state index contributed by atoms with van der Waals surface area (Å²) in [6.07, 6.45) is -0.861. The van der Waals surface area contributed by atoms with Crippen molar-refractivity contribution in [2.75, 3.05) is 0 Å². The monoisotopic (exact) mass is 429 g/mol. The first-order valence-corrected chi connectivity index (χ1v) is 8.12. The Morgan fingerprint density at radius 1 is 1.25 bits per heavy atom. The Morgan fingerprint density at radius 2 is 1.85 bits per heavy atom. The van der Waals surface area contributed by atoms with Gasteiger partial charge in [0.05, 0.1) is 11.3 Å². The van der Waals surface area contributed by atoms with E-state index in [1.165, 1.54) is 12.1 Å². The molecule has 110 valence electrons. The van der Waals surface area contributed by atoms with Crippen LogP contribution in [0.1, 0.15) is 6.42 Å². The molecular weight excluding hydrogens is 422 g/mol. The SMILES string of the molecule is O=C(O)C[C@H](NS(=O)(=O)c1cc(Br)ccc1Br)C(=O)O. The Kier molecular flexibility index (Phi) is 5.68. The van der Waals surface area contributed by atoms with E-state index in [0.717, 1.165) is 0 Å². The summed E-state index contributed by atoms with van der Waals surface area (Å²) in [6.45, 7) is 0. The standard InChI is InChI=1S/C10H9Br2NO6S/c11-5-1-2-6(12)8(3-5)20(18,19)13-7(10(16)17)4-9(14)15/h1-3,7,13H,4H2,(H,14,15)(H,16,17)/t7-/m0/s1. The third kappa shape index (κ3) is 4.54. The van der Waals surface area contributed by atoms with Gasteiger partial charge in [0.1, 0.15) is 6.04 Å². The lowest BCUT2D eigenvalue weighted by Gasteiger charge is -2.14. The van der Waals surface area contributed by atoms with Crippen LogP contribution in [0.2, 0.25) is 0 Å². The third-order valence-corrected chi connectivity index (χ3v) is 5.12. The fourth-order valence-corrected chi connectivity index (χ4v) is 3.98. The lowest BCUT2D eigenvalue weighted by Crippen LogP contribution is -2.42. The normalized spacial score (nSPS) is 12.9. The predicted octanol–water partition coefficient (Wildman–Crippen LogP) is 1.42. The van der Waals surface area contributed by atoms with E-state index < -0.39 is 34.4 Å². The van der Waals surface area contributed by atoms with Crippen molar-refractivity contribution in [1.29, 1.82) is 0 Å². The molecule has 0 aliphatic heterocycles. The van der Waals surface area contributed by atoms with Crippen molar-refractivity contribution in [2.24, 2.45) is 0 Å². The van der Waals surface area contributed by atoms with Crippen LogP contribution in [-0.2, 0) is 19.6 Å². The van der Waals surface area contributed by atoms with E-state index in [1.54, 1.807) is 6.07 Å². The molecule has 0 amide bonds. The number of benzene rings is 1. The van der Waals surface area contributed by atoms with Crippen LogP contribution in [0.5, 0.6) is 0 Å². The van der Waals surface area contributed by atoms with Crippen LogP contribution in [0.4, 0.5) is 0 Å². The zero-order valence-corrected chi connectivity index (χ0v) is 13.7. The van der Waals surface area contributed by atoms with Gasteiger partial charge in [0.25, 0.3) is 0 Å². The number of hydrogen-bond donors (Lipinski definition) is 3. The number of carboxylic acid groups (broad SMARTS) is 2. The molecule has 0 bridgehead atoms. The lowest BCUT2D eigenvalue weighted by molar-refractivity contribution is -0.145. The van der Waals surface area contributed by atoms with Gasteiger partial charge in [-0.3, -0.25) is 9.59 Å². The maximum Gasteiger partial charge on any atom is 0.322 e.